The molecule has 0 aromatic heterocycles. The lowest BCUT2D eigenvalue weighted by atomic mass is 10.1. The van der Waals surface area contributed by atoms with Crippen LogP contribution in [-0.4, -0.2) is 25.0 Å². The molecule has 1 aliphatic rings. The Kier molecular flexibility index (Phi) is 6.83. The van der Waals surface area contributed by atoms with E-state index in [1.807, 2.05) is 25.1 Å². The van der Waals surface area contributed by atoms with E-state index >= 15 is 0 Å². The molecule has 106 valence electrons. The smallest absolute Gasteiger partial charge is 0.251 e. The van der Waals surface area contributed by atoms with Crippen molar-refractivity contribution >= 4 is 34.2 Å². The zero-order chi connectivity index (χ0) is 13.0. The fourth-order valence-electron chi connectivity index (χ4n) is 2.33. The number of hydrogen-bond donors (Lipinski definition) is 2. The average molecular weight is 348 g/mol. The highest BCUT2D eigenvalue weighted by molar-refractivity contribution is 9.10. The van der Waals surface area contributed by atoms with Gasteiger partial charge in [-0.15, -0.1) is 12.4 Å². The topological polar surface area (TPSA) is 41.1 Å². The van der Waals surface area contributed by atoms with Crippen molar-refractivity contribution in [3.8, 4) is 0 Å². The summed E-state index contributed by atoms with van der Waals surface area (Å²) in [6.45, 7) is 3.84. The second-order valence-corrected chi connectivity index (χ2v) is 5.77. The molecule has 1 fully saturated rings. The molecule has 1 aliphatic heterocycles. The van der Waals surface area contributed by atoms with Crippen molar-refractivity contribution in [3.05, 3.63) is 33.8 Å². The van der Waals surface area contributed by atoms with Gasteiger partial charge < -0.3 is 10.6 Å². The number of benzene rings is 1. The summed E-state index contributed by atoms with van der Waals surface area (Å²) in [5, 5.41) is 6.41. The Labute approximate surface area is 129 Å². The van der Waals surface area contributed by atoms with Crippen molar-refractivity contribution < 1.29 is 4.79 Å². The highest BCUT2D eigenvalue weighted by Gasteiger charge is 2.14. The van der Waals surface area contributed by atoms with Crippen LogP contribution in [0.1, 0.15) is 35.2 Å². The number of halogens is 2. The molecule has 1 atom stereocenters. The van der Waals surface area contributed by atoms with Crippen LogP contribution in [0.4, 0.5) is 0 Å². The minimum absolute atomic E-state index is 0. The number of rotatable bonds is 4. The van der Waals surface area contributed by atoms with E-state index < -0.39 is 0 Å². The molecule has 0 spiro atoms. The Hall–Kier alpha value is -0.580. The highest BCUT2D eigenvalue weighted by Crippen LogP contribution is 2.15. The Morgan fingerprint density at radius 1 is 1.47 bits per heavy atom. The van der Waals surface area contributed by atoms with Gasteiger partial charge in [-0.3, -0.25) is 4.79 Å². The van der Waals surface area contributed by atoms with Gasteiger partial charge in [0.1, 0.15) is 0 Å². The fraction of sp³-hybridized carbons (Fsp3) is 0.500. The normalized spacial score (nSPS) is 17.9. The molecule has 0 bridgehead atoms. The molecule has 1 amide bonds. The van der Waals surface area contributed by atoms with Gasteiger partial charge in [0, 0.05) is 22.6 Å². The molecule has 0 aliphatic carbocycles. The number of carbonyl (C=O) groups excluding carboxylic acids is 1. The van der Waals surface area contributed by atoms with Crippen LogP contribution in [-0.2, 0) is 0 Å². The van der Waals surface area contributed by atoms with Crippen molar-refractivity contribution in [2.75, 3.05) is 13.1 Å². The molecule has 0 unspecified atom stereocenters. The number of hydrogen-bond acceptors (Lipinski definition) is 2. The van der Waals surface area contributed by atoms with Crippen LogP contribution in [0.5, 0.6) is 0 Å². The van der Waals surface area contributed by atoms with E-state index in [4.69, 9.17) is 0 Å². The molecular weight excluding hydrogens is 328 g/mol. The van der Waals surface area contributed by atoms with E-state index in [2.05, 4.69) is 26.6 Å². The van der Waals surface area contributed by atoms with Gasteiger partial charge in [0.25, 0.3) is 5.91 Å². The van der Waals surface area contributed by atoms with Crippen LogP contribution in [0.15, 0.2) is 22.7 Å². The van der Waals surface area contributed by atoms with Crippen LogP contribution in [0.3, 0.4) is 0 Å². The van der Waals surface area contributed by atoms with E-state index in [0.29, 0.717) is 6.04 Å². The SMILES string of the molecule is Cc1cc(Br)cc(C(=O)NCC[C@H]2CCCN2)c1.Cl. The fourth-order valence-corrected chi connectivity index (χ4v) is 2.94. The van der Waals surface area contributed by atoms with Gasteiger partial charge in [-0.2, -0.15) is 0 Å². The monoisotopic (exact) mass is 346 g/mol. The largest absolute Gasteiger partial charge is 0.352 e. The lowest BCUT2D eigenvalue weighted by Crippen LogP contribution is -2.30. The standard InChI is InChI=1S/C14H19BrN2O.ClH/c1-10-7-11(9-12(15)8-10)14(18)17-6-4-13-3-2-5-16-13;/h7-9,13,16H,2-6H2,1H3,(H,17,18);1H/t13-;/m1./s1. The quantitative estimate of drug-likeness (QED) is 0.879. The third-order valence-corrected chi connectivity index (χ3v) is 3.70. The molecule has 1 aromatic carbocycles. The van der Waals surface area contributed by atoms with Crippen LogP contribution in [0.25, 0.3) is 0 Å². The van der Waals surface area contributed by atoms with Crippen molar-refractivity contribution in [3.63, 3.8) is 0 Å². The summed E-state index contributed by atoms with van der Waals surface area (Å²) < 4.78 is 0.949. The molecule has 2 rings (SSSR count). The summed E-state index contributed by atoms with van der Waals surface area (Å²) in [4.78, 5) is 12.0. The number of nitrogens with one attached hydrogen (secondary N) is 2. The summed E-state index contributed by atoms with van der Waals surface area (Å²) in [5.74, 6) is 0.0115. The maximum atomic E-state index is 12.0. The molecule has 1 saturated heterocycles. The van der Waals surface area contributed by atoms with Gasteiger partial charge in [0.05, 0.1) is 0 Å². The van der Waals surface area contributed by atoms with Crippen molar-refractivity contribution in [1.29, 1.82) is 0 Å². The maximum absolute atomic E-state index is 12.0. The molecule has 0 saturated carbocycles. The van der Waals surface area contributed by atoms with Crippen LogP contribution < -0.4 is 10.6 Å². The first-order chi connectivity index (χ1) is 8.65. The average Bonchev–Trinajstić information content (AvgIpc) is 2.80. The lowest BCUT2D eigenvalue weighted by Gasteiger charge is -2.11. The third-order valence-electron chi connectivity index (χ3n) is 3.25. The lowest BCUT2D eigenvalue weighted by molar-refractivity contribution is 0.0952. The molecule has 3 nitrogen and oxygen atoms in total. The van der Waals surface area contributed by atoms with E-state index in [9.17, 15) is 4.79 Å². The summed E-state index contributed by atoms with van der Waals surface area (Å²) in [7, 11) is 0. The Balaban J connectivity index is 0.00000180. The van der Waals surface area contributed by atoms with Gasteiger partial charge >= 0.3 is 0 Å². The number of carbonyl (C=O) groups is 1. The molecular formula is C14H20BrClN2O. The number of amides is 1. The molecule has 1 heterocycles. The summed E-state index contributed by atoms with van der Waals surface area (Å²) >= 11 is 3.41. The first-order valence-corrected chi connectivity index (χ1v) is 7.23. The van der Waals surface area contributed by atoms with Gasteiger partial charge in [0.2, 0.25) is 0 Å². The minimum Gasteiger partial charge on any atom is -0.352 e. The predicted octanol–water partition coefficient (Wildman–Crippen LogP) is 3.05. The predicted molar refractivity (Wildman–Crippen MR) is 84.1 cm³/mol. The second-order valence-electron chi connectivity index (χ2n) is 4.86. The first kappa shape index (κ1) is 16.5. The van der Waals surface area contributed by atoms with Crippen LogP contribution >= 0.6 is 28.3 Å². The molecule has 5 heteroatoms. The van der Waals surface area contributed by atoms with Crippen LogP contribution in [0, 0.1) is 6.92 Å². The van der Waals surface area contributed by atoms with E-state index in [1.165, 1.54) is 12.8 Å². The Morgan fingerprint density at radius 3 is 2.89 bits per heavy atom. The summed E-state index contributed by atoms with van der Waals surface area (Å²) in [6, 6.07) is 6.35. The van der Waals surface area contributed by atoms with Crippen molar-refractivity contribution in [1.82, 2.24) is 10.6 Å². The van der Waals surface area contributed by atoms with Gasteiger partial charge in [0.15, 0.2) is 0 Å². The zero-order valence-corrected chi connectivity index (χ0v) is 13.4. The second kappa shape index (κ2) is 7.88. The third kappa shape index (κ3) is 5.13. The Morgan fingerprint density at radius 2 is 2.26 bits per heavy atom. The maximum Gasteiger partial charge on any atom is 0.251 e. The minimum atomic E-state index is 0. The van der Waals surface area contributed by atoms with Gasteiger partial charge in [-0.1, -0.05) is 15.9 Å². The zero-order valence-electron chi connectivity index (χ0n) is 11.0. The summed E-state index contributed by atoms with van der Waals surface area (Å²) in [6.07, 6.45) is 3.49. The first-order valence-electron chi connectivity index (χ1n) is 6.44. The van der Waals surface area contributed by atoms with E-state index in [-0.39, 0.29) is 18.3 Å². The molecule has 1 aromatic rings. The van der Waals surface area contributed by atoms with Crippen molar-refractivity contribution in [2.45, 2.75) is 32.2 Å². The van der Waals surface area contributed by atoms with E-state index in [1.54, 1.807) is 0 Å². The van der Waals surface area contributed by atoms with E-state index in [0.717, 1.165) is 35.1 Å². The number of aryl methyl sites for hydroxylation is 1. The van der Waals surface area contributed by atoms with Gasteiger partial charge in [-0.05, 0) is 56.5 Å². The highest BCUT2D eigenvalue weighted by atomic mass is 79.9. The molecule has 19 heavy (non-hydrogen) atoms. The van der Waals surface area contributed by atoms with Gasteiger partial charge in [-0.25, -0.2) is 0 Å². The van der Waals surface area contributed by atoms with Crippen LogP contribution in [0.2, 0.25) is 0 Å². The summed E-state index contributed by atoms with van der Waals surface area (Å²) in [5.41, 5.74) is 1.81. The van der Waals surface area contributed by atoms with Crippen molar-refractivity contribution in [2.24, 2.45) is 0 Å². The molecule has 2 N–H and O–H groups in total. The molecule has 0 radical (unpaired) electrons. The Bertz CT molecular complexity index is 413.